The highest BCUT2D eigenvalue weighted by Crippen LogP contribution is 2.35. The first-order valence-corrected chi connectivity index (χ1v) is 7.72. The van der Waals surface area contributed by atoms with Crippen molar-refractivity contribution in [2.24, 2.45) is 0 Å². The van der Waals surface area contributed by atoms with Crippen LogP contribution in [0.1, 0.15) is 17.6 Å². The Kier molecular flexibility index (Phi) is 3.68. The van der Waals surface area contributed by atoms with Gasteiger partial charge in [0.15, 0.2) is 0 Å². The van der Waals surface area contributed by atoms with E-state index in [1.165, 1.54) is 17.7 Å². The van der Waals surface area contributed by atoms with Gasteiger partial charge in [-0.05, 0) is 24.2 Å². The monoisotopic (exact) mass is 346 g/mol. The largest absolute Gasteiger partial charge is 0.453 e. The number of alkyl halides is 3. The minimum Gasteiger partial charge on any atom is -0.335 e. The molecule has 0 fully saturated rings. The SMILES string of the molecule is CCc1cc2c(Sc3nnc(C(F)(F)F)n3N)ncnc2s1. The molecule has 0 amide bonds. The number of thiophene rings is 1. The van der Waals surface area contributed by atoms with Gasteiger partial charge >= 0.3 is 6.18 Å². The number of hydrogen-bond donors (Lipinski definition) is 1. The van der Waals surface area contributed by atoms with Gasteiger partial charge in [0.25, 0.3) is 5.82 Å². The quantitative estimate of drug-likeness (QED) is 0.580. The lowest BCUT2D eigenvalue weighted by Crippen LogP contribution is -2.21. The summed E-state index contributed by atoms with van der Waals surface area (Å²) in [5, 5.41) is 7.75. The number of nitrogens with zero attached hydrogens (tertiary/aromatic N) is 5. The molecule has 0 saturated carbocycles. The Morgan fingerprint density at radius 2 is 2.09 bits per heavy atom. The Labute approximate surface area is 130 Å². The molecule has 0 saturated heterocycles. The average Bonchev–Trinajstić information content (AvgIpc) is 3.03. The lowest BCUT2D eigenvalue weighted by Gasteiger charge is -2.05. The van der Waals surface area contributed by atoms with Crippen LogP contribution < -0.4 is 5.84 Å². The molecule has 0 radical (unpaired) electrons. The average molecular weight is 346 g/mol. The maximum atomic E-state index is 12.7. The first-order valence-electron chi connectivity index (χ1n) is 6.09. The molecule has 3 heterocycles. The van der Waals surface area contributed by atoms with Gasteiger partial charge in [-0.1, -0.05) is 6.92 Å². The summed E-state index contributed by atoms with van der Waals surface area (Å²) in [4.78, 5) is 10.1. The highest BCUT2D eigenvalue weighted by molar-refractivity contribution is 7.99. The number of fused-ring (bicyclic) bond motifs is 1. The van der Waals surface area contributed by atoms with Gasteiger partial charge in [0, 0.05) is 10.3 Å². The molecule has 0 aliphatic carbocycles. The topological polar surface area (TPSA) is 82.5 Å². The van der Waals surface area contributed by atoms with Crippen molar-refractivity contribution < 1.29 is 13.2 Å². The Hall–Kier alpha value is -1.88. The minimum absolute atomic E-state index is 0.0865. The molecule has 6 nitrogen and oxygen atoms in total. The fourth-order valence-electron chi connectivity index (χ4n) is 1.77. The smallest absolute Gasteiger partial charge is 0.335 e. The molecule has 0 unspecified atom stereocenters. The van der Waals surface area contributed by atoms with Crippen molar-refractivity contribution in [1.82, 2.24) is 24.8 Å². The number of halogens is 3. The van der Waals surface area contributed by atoms with E-state index in [2.05, 4.69) is 20.2 Å². The summed E-state index contributed by atoms with van der Waals surface area (Å²) < 4.78 is 38.4. The Morgan fingerprint density at radius 1 is 1.32 bits per heavy atom. The van der Waals surface area contributed by atoms with E-state index in [0.29, 0.717) is 9.70 Å². The Morgan fingerprint density at radius 3 is 2.73 bits per heavy atom. The van der Waals surface area contributed by atoms with E-state index in [1.807, 2.05) is 13.0 Å². The standard InChI is InChI=1S/C11H9F3N6S2/c1-2-5-3-6-7(21-5)16-4-17-8(6)22-10-19-18-9(20(10)15)11(12,13)14/h3-4H,2,15H2,1H3. The number of hydrogen-bond acceptors (Lipinski definition) is 7. The van der Waals surface area contributed by atoms with Crippen molar-refractivity contribution in [3.05, 3.63) is 23.1 Å². The predicted octanol–water partition coefficient (Wildman–Crippen LogP) is 2.73. The minimum atomic E-state index is -4.65. The molecular weight excluding hydrogens is 337 g/mol. The second kappa shape index (κ2) is 5.39. The van der Waals surface area contributed by atoms with Gasteiger partial charge in [-0.2, -0.15) is 13.2 Å². The van der Waals surface area contributed by atoms with Crippen LogP contribution in [0, 0.1) is 0 Å². The van der Waals surface area contributed by atoms with Crippen molar-refractivity contribution in [2.45, 2.75) is 29.7 Å². The molecule has 22 heavy (non-hydrogen) atoms. The normalized spacial score (nSPS) is 12.2. The van der Waals surface area contributed by atoms with Crippen LogP contribution >= 0.6 is 23.1 Å². The van der Waals surface area contributed by atoms with Crippen LogP contribution in [-0.2, 0) is 12.6 Å². The molecule has 0 spiro atoms. The Balaban J connectivity index is 2.00. The van der Waals surface area contributed by atoms with Crippen molar-refractivity contribution in [3.8, 4) is 0 Å². The second-order valence-electron chi connectivity index (χ2n) is 4.24. The molecule has 0 aliphatic heterocycles. The first kappa shape index (κ1) is 15.0. The lowest BCUT2D eigenvalue weighted by atomic mass is 10.3. The molecular formula is C11H9F3N6S2. The third-order valence-electron chi connectivity index (χ3n) is 2.80. The van der Waals surface area contributed by atoms with Gasteiger partial charge in [0.05, 0.1) is 0 Å². The summed E-state index contributed by atoms with van der Waals surface area (Å²) >= 11 is 2.44. The van der Waals surface area contributed by atoms with E-state index >= 15 is 0 Å². The number of rotatable bonds is 3. The summed E-state index contributed by atoms with van der Waals surface area (Å²) in [6, 6.07) is 1.92. The summed E-state index contributed by atoms with van der Waals surface area (Å²) in [5.41, 5.74) is 0. The van der Waals surface area contributed by atoms with E-state index in [1.54, 1.807) is 0 Å². The molecule has 0 aromatic carbocycles. The van der Waals surface area contributed by atoms with Crippen molar-refractivity contribution >= 4 is 33.3 Å². The van der Waals surface area contributed by atoms with Crippen LogP contribution in [-0.4, -0.2) is 24.8 Å². The van der Waals surface area contributed by atoms with Gasteiger partial charge in [-0.3, -0.25) is 0 Å². The molecule has 3 rings (SSSR count). The number of nitrogen functional groups attached to an aromatic ring is 1. The third kappa shape index (κ3) is 2.61. The van der Waals surface area contributed by atoms with Gasteiger partial charge in [0.1, 0.15) is 16.2 Å². The molecule has 116 valence electrons. The molecule has 2 N–H and O–H groups in total. The van der Waals surface area contributed by atoms with Crippen LogP contribution in [0.3, 0.4) is 0 Å². The van der Waals surface area contributed by atoms with E-state index in [0.717, 1.165) is 33.3 Å². The molecule has 0 atom stereocenters. The molecule has 0 aliphatic rings. The van der Waals surface area contributed by atoms with Crippen molar-refractivity contribution in [2.75, 3.05) is 5.84 Å². The predicted molar refractivity (Wildman–Crippen MR) is 76.1 cm³/mol. The third-order valence-corrected chi connectivity index (χ3v) is 4.97. The van der Waals surface area contributed by atoms with Crippen LogP contribution in [0.2, 0.25) is 0 Å². The number of aromatic nitrogens is 5. The van der Waals surface area contributed by atoms with Crippen molar-refractivity contribution in [1.29, 1.82) is 0 Å². The summed E-state index contributed by atoms with van der Waals surface area (Å²) in [6.45, 7) is 2.01. The lowest BCUT2D eigenvalue weighted by molar-refractivity contribution is -0.146. The molecule has 3 aromatic rings. The maximum Gasteiger partial charge on any atom is 0.453 e. The summed E-state index contributed by atoms with van der Waals surface area (Å²) in [6.07, 6.45) is -2.45. The van der Waals surface area contributed by atoms with E-state index < -0.39 is 12.0 Å². The maximum absolute atomic E-state index is 12.7. The van der Waals surface area contributed by atoms with E-state index in [9.17, 15) is 13.2 Å². The van der Waals surface area contributed by atoms with Crippen LogP contribution in [0.25, 0.3) is 10.2 Å². The zero-order chi connectivity index (χ0) is 15.9. The van der Waals surface area contributed by atoms with E-state index in [-0.39, 0.29) is 5.16 Å². The van der Waals surface area contributed by atoms with Crippen molar-refractivity contribution in [3.63, 3.8) is 0 Å². The summed E-state index contributed by atoms with van der Waals surface area (Å²) in [5.74, 6) is 4.17. The zero-order valence-corrected chi connectivity index (χ0v) is 12.8. The fraction of sp³-hybridized carbons (Fsp3) is 0.273. The molecule has 3 aromatic heterocycles. The van der Waals surface area contributed by atoms with Gasteiger partial charge in [-0.25, -0.2) is 14.6 Å². The Bertz CT molecular complexity index is 825. The van der Waals surface area contributed by atoms with Crippen LogP contribution in [0.4, 0.5) is 13.2 Å². The fourth-order valence-corrected chi connectivity index (χ4v) is 3.57. The summed E-state index contributed by atoms with van der Waals surface area (Å²) in [7, 11) is 0. The van der Waals surface area contributed by atoms with E-state index in [4.69, 9.17) is 5.84 Å². The highest BCUT2D eigenvalue weighted by Gasteiger charge is 2.38. The van der Waals surface area contributed by atoms with Gasteiger partial charge < -0.3 is 5.84 Å². The van der Waals surface area contributed by atoms with Crippen LogP contribution in [0.15, 0.2) is 22.6 Å². The zero-order valence-electron chi connectivity index (χ0n) is 11.1. The van der Waals surface area contributed by atoms with Gasteiger partial charge in [-0.15, -0.1) is 21.5 Å². The number of aryl methyl sites for hydroxylation is 1. The highest BCUT2D eigenvalue weighted by atomic mass is 32.2. The van der Waals surface area contributed by atoms with Crippen LogP contribution in [0.5, 0.6) is 0 Å². The van der Waals surface area contributed by atoms with Gasteiger partial charge in [0.2, 0.25) is 5.16 Å². The second-order valence-corrected chi connectivity index (χ2v) is 6.31. The molecule has 11 heteroatoms. The molecule has 0 bridgehead atoms. The first-order chi connectivity index (χ1) is 10.4. The number of nitrogens with two attached hydrogens (primary N) is 1.